The van der Waals surface area contributed by atoms with Crippen molar-refractivity contribution in [2.24, 2.45) is 5.73 Å². The molecule has 1 heterocycles. The van der Waals surface area contributed by atoms with Crippen molar-refractivity contribution >= 4 is 15.9 Å². The van der Waals surface area contributed by atoms with E-state index in [1.807, 2.05) is 0 Å². The van der Waals surface area contributed by atoms with Crippen LogP contribution in [0.3, 0.4) is 0 Å². The van der Waals surface area contributed by atoms with Crippen LogP contribution in [0.5, 0.6) is 11.5 Å². The van der Waals surface area contributed by atoms with Gasteiger partial charge in [0.2, 0.25) is 0 Å². The Morgan fingerprint density at radius 3 is 2.84 bits per heavy atom. The zero-order chi connectivity index (χ0) is 13.2. The van der Waals surface area contributed by atoms with E-state index in [1.54, 1.807) is 0 Å². The van der Waals surface area contributed by atoms with Crippen molar-refractivity contribution in [2.75, 3.05) is 19.8 Å². The number of hydrogen-bond acceptors (Lipinski definition) is 4. The maximum Gasteiger partial charge on any atom is 0.175 e. The van der Waals surface area contributed by atoms with Crippen LogP contribution in [0.25, 0.3) is 0 Å². The lowest BCUT2D eigenvalue weighted by molar-refractivity contribution is 0.296. The van der Waals surface area contributed by atoms with Crippen molar-refractivity contribution in [3.8, 4) is 11.5 Å². The molecule has 4 nitrogen and oxygen atoms in total. The van der Waals surface area contributed by atoms with Crippen LogP contribution in [0.2, 0.25) is 0 Å². The molecule has 1 aliphatic heterocycles. The molecule has 19 heavy (non-hydrogen) atoms. The standard InChI is InChI=1S/C14H19BrN2O2/c15-11-6-9(12(8-16)17-10-2-3-10)7-13-14(11)19-5-1-4-18-13/h6-7,10,12,17H,1-5,8,16H2. The van der Waals surface area contributed by atoms with Gasteiger partial charge in [-0.2, -0.15) is 0 Å². The van der Waals surface area contributed by atoms with Crippen molar-refractivity contribution in [3.63, 3.8) is 0 Å². The molecular weight excluding hydrogens is 308 g/mol. The molecule has 2 aliphatic rings. The molecule has 3 N–H and O–H groups in total. The molecule has 0 spiro atoms. The third-order valence-corrected chi connectivity index (χ3v) is 4.07. The predicted molar refractivity (Wildman–Crippen MR) is 77.7 cm³/mol. The SMILES string of the molecule is NCC(NC1CC1)c1cc(Br)c2c(c1)OCCCO2. The minimum absolute atomic E-state index is 0.181. The van der Waals surface area contributed by atoms with Gasteiger partial charge in [0.25, 0.3) is 0 Å². The van der Waals surface area contributed by atoms with Gasteiger partial charge in [-0.25, -0.2) is 0 Å². The number of nitrogens with one attached hydrogen (secondary N) is 1. The van der Waals surface area contributed by atoms with Gasteiger partial charge in [0, 0.05) is 25.0 Å². The molecule has 1 saturated carbocycles. The second-order valence-electron chi connectivity index (χ2n) is 5.11. The van der Waals surface area contributed by atoms with Gasteiger partial charge in [-0.3, -0.25) is 0 Å². The number of rotatable bonds is 4. The third-order valence-electron chi connectivity index (χ3n) is 3.48. The lowest BCUT2D eigenvalue weighted by Crippen LogP contribution is -2.29. The number of nitrogens with two attached hydrogens (primary N) is 1. The van der Waals surface area contributed by atoms with Crippen LogP contribution in [0, 0.1) is 0 Å². The average molecular weight is 327 g/mol. The Bertz CT molecular complexity index is 463. The lowest BCUT2D eigenvalue weighted by atomic mass is 10.1. The number of ether oxygens (including phenoxy) is 2. The molecule has 1 fully saturated rings. The molecule has 0 bridgehead atoms. The Labute approximate surface area is 121 Å². The first-order valence-corrected chi connectivity index (χ1v) is 7.62. The van der Waals surface area contributed by atoms with Crippen molar-refractivity contribution in [3.05, 3.63) is 22.2 Å². The number of halogens is 1. The van der Waals surface area contributed by atoms with E-state index in [0.717, 1.165) is 28.0 Å². The molecule has 1 atom stereocenters. The van der Waals surface area contributed by atoms with Crippen LogP contribution < -0.4 is 20.5 Å². The van der Waals surface area contributed by atoms with Crippen LogP contribution >= 0.6 is 15.9 Å². The number of hydrogen-bond donors (Lipinski definition) is 2. The molecule has 1 unspecified atom stereocenters. The van der Waals surface area contributed by atoms with Crippen molar-refractivity contribution in [2.45, 2.75) is 31.3 Å². The maximum absolute atomic E-state index is 5.89. The lowest BCUT2D eigenvalue weighted by Gasteiger charge is -2.19. The summed E-state index contributed by atoms with van der Waals surface area (Å²) in [6.45, 7) is 1.99. The summed E-state index contributed by atoms with van der Waals surface area (Å²) in [6.07, 6.45) is 3.42. The van der Waals surface area contributed by atoms with E-state index in [9.17, 15) is 0 Å². The zero-order valence-electron chi connectivity index (χ0n) is 10.8. The molecule has 1 aromatic carbocycles. The summed E-state index contributed by atoms with van der Waals surface area (Å²) in [7, 11) is 0. The predicted octanol–water partition coefficient (Wildman–Crippen LogP) is 2.36. The molecule has 1 aliphatic carbocycles. The minimum atomic E-state index is 0.181. The number of fused-ring (bicyclic) bond motifs is 1. The highest BCUT2D eigenvalue weighted by molar-refractivity contribution is 9.10. The van der Waals surface area contributed by atoms with Crippen molar-refractivity contribution in [1.29, 1.82) is 0 Å². The van der Waals surface area contributed by atoms with E-state index in [2.05, 4.69) is 33.4 Å². The Morgan fingerprint density at radius 2 is 2.11 bits per heavy atom. The van der Waals surface area contributed by atoms with Gasteiger partial charge in [-0.1, -0.05) is 0 Å². The summed E-state index contributed by atoms with van der Waals surface area (Å²) in [4.78, 5) is 0. The first kappa shape index (κ1) is 13.2. The van der Waals surface area contributed by atoms with Crippen molar-refractivity contribution in [1.82, 2.24) is 5.32 Å². The summed E-state index contributed by atoms with van der Waals surface area (Å²) in [6, 6.07) is 4.95. The van der Waals surface area contributed by atoms with Gasteiger partial charge < -0.3 is 20.5 Å². The molecule has 5 heteroatoms. The normalized spacial score (nSPS) is 19.9. The molecule has 1 aromatic rings. The molecule has 104 valence electrons. The molecule has 0 saturated heterocycles. The van der Waals surface area contributed by atoms with Crippen LogP contribution in [0.4, 0.5) is 0 Å². The largest absolute Gasteiger partial charge is 0.490 e. The fourth-order valence-corrected chi connectivity index (χ4v) is 2.86. The minimum Gasteiger partial charge on any atom is -0.490 e. The van der Waals surface area contributed by atoms with Crippen LogP contribution in [-0.4, -0.2) is 25.8 Å². The van der Waals surface area contributed by atoms with Gasteiger partial charge in [0.05, 0.1) is 17.7 Å². The van der Waals surface area contributed by atoms with E-state index in [4.69, 9.17) is 15.2 Å². The summed E-state index contributed by atoms with van der Waals surface area (Å²) in [5.41, 5.74) is 7.05. The van der Waals surface area contributed by atoms with Gasteiger partial charge >= 0.3 is 0 Å². The third kappa shape index (κ3) is 3.04. The Morgan fingerprint density at radius 1 is 1.32 bits per heavy atom. The van der Waals surface area contributed by atoms with Crippen LogP contribution in [0.1, 0.15) is 30.9 Å². The van der Waals surface area contributed by atoms with E-state index < -0.39 is 0 Å². The zero-order valence-corrected chi connectivity index (χ0v) is 12.4. The molecule has 0 radical (unpaired) electrons. The topological polar surface area (TPSA) is 56.5 Å². The van der Waals surface area contributed by atoms with Gasteiger partial charge in [-0.05, 0) is 46.5 Å². The first-order valence-electron chi connectivity index (χ1n) is 6.83. The van der Waals surface area contributed by atoms with Crippen LogP contribution in [-0.2, 0) is 0 Å². The highest BCUT2D eigenvalue weighted by Gasteiger charge is 2.26. The van der Waals surface area contributed by atoms with Crippen LogP contribution in [0.15, 0.2) is 16.6 Å². The highest BCUT2D eigenvalue weighted by Crippen LogP contribution is 2.39. The van der Waals surface area contributed by atoms with Crippen molar-refractivity contribution < 1.29 is 9.47 Å². The first-order chi connectivity index (χ1) is 9.28. The summed E-state index contributed by atoms with van der Waals surface area (Å²) in [5, 5.41) is 3.56. The van der Waals surface area contributed by atoms with E-state index in [1.165, 1.54) is 12.8 Å². The Kier molecular flexibility index (Phi) is 3.96. The van der Waals surface area contributed by atoms with E-state index in [-0.39, 0.29) is 6.04 Å². The molecule has 0 aromatic heterocycles. The summed E-state index contributed by atoms with van der Waals surface area (Å²) >= 11 is 3.57. The van der Waals surface area contributed by atoms with E-state index in [0.29, 0.717) is 25.8 Å². The summed E-state index contributed by atoms with van der Waals surface area (Å²) < 4.78 is 12.4. The molecular formula is C14H19BrN2O2. The molecule has 3 rings (SSSR count). The Hall–Kier alpha value is -0.780. The average Bonchev–Trinajstić information content (AvgIpc) is 3.22. The second kappa shape index (κ2) is 5.69. The van der Waals surface area contributed by atoms with Gasteiger partial charge in [0.15, 0.2) is 11.5 Å². The molecule has 0 amide bonds. The smallest absolute Gasteiger partial charge is 0.175 e. The monoisotopic (exact) mass is 326 g/mol. The fraction of sp³-hybridized carbons (Fsp3) is 0.571. The number of benzene rings is 1. The van der Waals surface area contributed by atoms with E-state index >= 15 is 0 Å². The fourth-order valence-electron chi connectivity index (χ4n) is 2.29. The Balaban J connectivity index is 1.88. The quantitative estimate of drug-likeness (QED) is 0.891. The van der Waals surface area contributed by atoms with Gasteiger partial charge in [0.1, 0.15) is 0 Å². The highest BCUT2D eigenvalue weighted by atomic mass is 79.9. The maximum atomic E-state index is 5.89. The second-order valence-corrected chi connectivity index (χ2v) is 5.96. The van der Waals surface area contributed by atoms with Gasteiger partial charge in [-0.15, -0.1) is 0 Å². The summed E-state index contributed by atoms with van der Waals surface area (Å²) in [5.74, 6) is 1.63.